The third-order valence-electron chi connectivity index (χ3n) is 3.42. The number of halogens is 1. The van der Waals surface area contributed by atoms with Crippen molar-refractivity contribution >= 4 is 28.9 Å². The Balaban J connectivity index is 1.81. The number of ether oxygens (including phenoxy) is 1. The Morgan fingerprint density at radius 2 is 2.04 bits per heavy atom. The van der Waals surface area contributed by atoms with Crippen LogP contribution in [0.3, 0.4) is 0 Å². The van der Waals surface area contributed by atoms with Gasteiger partial charge >= 0.3 is 5.97 Å². The minimum Gasteiger partial charge on any atom is -0.489 e. The number of benzene rings is 2. The molecule has 0 spiro atoms. The van der Waals surface area contributed by atoms with Crippen molar-refractivity contribution in [1.29, 1.82) is 0 Å². The fourth-order valence-electron chi connectivity index (χ4n) is 2.21. The molecule has 0 aliphatic heterocycles. The molecule has 0 aliphatic rings. The van der Waals surface area contributed by atoms with Crippen molar-refractivity contribution < 1.29 is 14.6 Å². The number of aryl methyl sites for hydroxylation is 1. The molecule has 6 heteroatoms. The smallest absolute Gasteiger partial charge is 0.347 e. The second kappa shape index (κ2) is 7.03. The minimum absolute atomic E-state index is 0.257. The number of carboxylic acid groups (broad SMARTS) is 1. The Labute approximate surface area is 148 Å². The largest absolute Gasteiger partial charge is 0.489 e. The van der Waals surface area contributed by atoms with E-state index in [1.165, 1.54) is 0 Å². The molecule has 1 aromatic heterocycles. The Morgan fingerprint density at radius 1 is 1.25 bits per heavy atom. The van der Waals surface area contributed by atoms with Gasteiger partial charge in [-0.2, -0.15) is 0 Å². The minimum atomic E-state index is -0.956. The van der Waals surface area contributed by atoms with Crippen LogP contribution in [0.4, 0.5) is 0 Å². The van der Waals surface area contributed by atoms with Crippen LogP contribution in [0.5, 0.6) is 5.75 Å². The third-order valence-corrected chi connectivity index (χ3v) is 4.99. The van der Waals surface area contributed by atoms with Crippen LogP contribution in [0.2, 0.25) is 5.02 Å². The van der Waals surface area contributed by atoms with Crippen LogP contribution in [-0.4, -0.2) is 16.1 Å². The van der Waals surface area contributed by atoms with Crippen molar-refractivity contribution in [1.82, 2.24) is 4.98 Å². The van der Waals surface area contributed by atoms with Gasteiger partial charge in [0, 0.05) is 16.1 Å². The summed E-state index contributed by atoms with van der Waals surface area (Å²) in [7, 11) is 0. The summed E-state index contributed by atoms with van der Waals surface area (Å²) in [5.74, 6) is -0.278. The Kier molecular flexibility index (Phi) is 4.83. The molecule has 122 valence electrons. The summed E-state index contributed by atoms with van der Waals surface area (Å²) in [4.78, 5) is 15.8. The summed E-state index contributed by atoms with van der Waals surface area (Å²) in [5, 5.41) is 10.5. The second-order valence-corrected chi connectivity index (χ2v) is 6.55. The van der Waals surface area contributed by atoms with Crippen molar-refractivity contribution in [2.75, 3.05) is 0 Å². The molecular formula is C18H14ClNO3S. The summed E-state index contributed by atoms with van der Waals surface area (Å²) in [6.07, 6.45) is 0. The number of hydrogen-bond donors (Lipinski definition) is 1. The molecule has 0 fully saturated rings. The van der Waals surface area contributed by atoms with E-state index in [4.69, 9.17) is 21.4 Å². The number of nitrogens with zero attached hydrogens (tertiary/aromatic N) is 1. The predicted octanol–water partition coefficient (Wildman–Crippen LogP) is 5.05. The molecule has 0 saturated carbocycles. The second-order valence-electron chi connectivity index (χ2n) is 5.15. The molecule has 0 aliphatic carbocycles. The van der Waals surface area contributed by atoms with Gasteiger partial charge in [0.25, 0.3) is 0 Å². The highest BCUT2D eigenvalue weighted by Gasteiger charge is 2.15. The molecule has 1 N–H and O–H groups in total. The summed E-state index contributed by atoms with van der Waals surface area (Å²) in [6, 6.07) is 14.9. The first kappa shape index (κ1) is 16.5. The van der Waals surface area contributed by atoms with Crippen LogP contribution in [0, 0.1) is 6.92 Å². The lowest BCUT2D eigenvalue weighted by Crippen LogP contribution is -1.96. The van der Waals surface area contributed by atoms with Crippen LogP contribution in [0.15, 0.2) is 48.5 Å². The molecule has 0 bridgehead atoms. The van der Waals surface area contributed by atoms with Crippen LogP contribution in [-0.2, 0) is 6.61 Å². The topological polar surface area (TPSA) is 59.4 Å². The highest BCUT2D eigenvalue weighted by atomic mass is 35.5. The normalized spacial score (nSPS) is 10.6. The van der Waals surface area contributed by atoms with E-state index in [2.05, 4.69) is 4.98 Å². The predicted molar refractivity (Wildman–Crippen MR) is 95.0 cm³/mol. The van der Waals surface area contributed by atoms with E-state index in [1.54, 1.807) is 6.92 Å². The SMILES string of the molecule is Cc1nc(-c2cccc(OCc3ccccc3Cl)c2)sc1C(=O)O. The van der Waals surface area contributed by atoms with Gasteiger partial charge in [-0.1, -0.05) is 41.9 Å². The molecule has 1 heterocycles. The maximum Gasteiger partial charge on any atom is 0.347 e. The van der Waals surface area contributed by atoms with E-state index in [0.29, 0.717) is 28.1 Å². The van der Waals surface area contributed by atoms with E-state index in [1.807, 2.05) is 48.5 Å². The van der Waals surface area contributed by atoms with Gasteiger partial charge in [0.05, 0.1) is 5.69 Å². The monoisotopic (exact) mass is 359 g/mol. The van der Waals surface area contributed by atoms with Crippen molar-refractivity contribution in [3.05, 3.63) is 69.7 Å². The van der Waals surface area contributed by atoms with Crippen LogP contribution in [0.25, 0.3) is 10.6 Å². The van der Waals surface area contributed by atoms with E-state index < -0.39 is 5.97 Å². The molecular weight excluding hydrogens is 346 g/mol. The van der Waals surface area contributed by atoms with Gasteiger partial charge in [0.2, 0.25) is 0 Å². The van der Waals surface area contributed by atoms with Crippen molar-refractivity contribution in [3.63, 3.8) is 0 Å². The van der Waals surface area contributed by atoms with Gasteiger partial charge in [-0.3, -0.25) is 0 Å². The number of hydrogen-bond acceptors (Lipinski definition) is 4. The Hall–Kier alpha value is -2.37. The molecule has 0 saturated heterocycles. The van der Waals surface area contributed by atoms with Crippen LogP contribution in [0.1, 0.15) is 20.9 Å². The van der Waals surface area contributed by atoms with Gasteiger partial charge < -0.3 is 9.84 Å². The summed E-state index contributed by atoms with van der Waals surface area (Å²) >= 11 is 7.28. The van der Waals surface area contributed by atoms with E-state index in [-0.39, 0.29) is 4.88 Å². The summed E-state index contributed by atoms with van der Waals surface area (Å²) in [5.41, 5.74) is 2.25. The average molecular weight is 360 g/mol. The summed E-state index contributed by atoms with van der Waals surface area (Å²) < 4.78 is 5.80. The third kappa shape index (κ3) is 3.58. The lowest BCUT2D eigenvalue weighted by molar-refractivity contribution is 0.0701. The molecule has 3 rings (SSSR count). The molecule has 2 aromatic carbocycles. The molecule has 3 aromatic rings. The van der Waals surface area contributed by atoms with Gasteiger partial charge in [-0.25, -0.2) is 9.78 Å². The molecule has 0 atom stereocenters. The highest BCUT2D eigenvalue weighted by Crippen LogP contribution is 2.30. The lowest BCUT2D eigenvalue weighted by atomic mass is 10.2. The highest BCUT2D eigenvalue weighted by molar-refractivity contribution is 7.17. The maximum atomic E-state index is 11.2. The fraction of sp³-hybridized carbons (Fsp3) is 0.111. The fourth-order valence-corrected chi connectivity index (χ4v) is 3.31. The van der Waals surface area contributed by atoms with Gasteiger partial charge in [0.15, 0.2) is 0 Å². The van der Waals surface area contributed by atoms with Gasteiger partial charge in [0.1, 0.15) is 22.2 Å². The van der Waals surface area contributed by atoms with Gasteiger partial charge in [-0.15, -0.1) is 11.3 Å². The van der Waals surface area contributed by atoms with Crippen LogP contribution < -0.4 is 4.74 Å². The first-order valence-electron chi connectivity index (χ1n) is 7.22. The maximum absolute atomic E-state index is 11.2. The average Bonchev–Trinajstić information content (AvgIpc) is 2.97. The molecule has 4 nitrogen and oxygen atoms in total. The Bertz CT molecular complexity index is 891. The lowest BCUT2D eigenvalue weighted by Gasteiger charge is -2.08. The van der Waals surface area contributed by atoms with E-state index >= 15 is 0 Å². The first-order valence-corrected chi connectivity index (χ1v) is 8.41. The van der Waals surface area contributed by atoms with E-state index in [0.717, 1.165) is 22.5 Å². The summed E-state index contributed by atoms with van der Waals surface area (Å²) in [6.45, 7) is 2.06. The zero-order valence-corrected chi connectivity index (χ0v) is 14.4. The zero-order chi connectivity index (χ0) is 17.1. The standard InChI is InChI=1S/C18H14ClNO3S/c1-11-16(18(21)22)24-17(20-11)12-6-4-7-14(9-12)23-10-13-5-2-3-8-15(13)19/h2-9H,10H2,1H3,(H,21,22). The zero-order valence-electron chi connectivity index (χ0n) is 12.8. The molecule has 0 radical (unpaired) electrons. The quantitative estimate of drug-likeness (QED) is 0.692. The Morgan fingerprint density at radius 3 is 2.75 bits per heavy atom. The van der Waals surface area contributed by atoms with Crippen molar-refractivity contribution in [2.45, 2.75) is 13.5 Å². The van der Waals surface area contributed by atoms with Crippen LogP contribution >= 0.6 is 22.9 Å². The number of carboxylic acids is 1. The molecule has 24 heavy (non-hydrogen) atoms. The number of aromatic nitrogens is 1. The van der Waals surface area contributed by atoms with Crippen molar-refractivity contribution in [3.8, 4) is 16.3 Å². The number of aromatic carboxylic acids is 1. The number of rotatable bonds is 5. The first-order chi connectivity index (χ1) is 11.5. The number of carbonyl (C=O) groups is 1. The molecule has 0 unspecified atom stereocenters. The van der Waals surface area contributed by atoms with E-state index in [9.17, 15) is 4.79 Å². The van der Waals surface area contributed by atoms with Gasteiger partial charge in [-0.05, 0) is 25.1 Å². The number of thiazole rings is 1. The van der Waals surface area contributed by atoms with Crippen molar-refractivity contribution in [2.24, 2.45) is 0 Å². The molecule has 0 amide bonds.